The molecule has 0 bridgehead atoms. The molecule has 0 radical (unpaired) electrons. The average Bonchev–Trinajstić information content (AvgIpc) is 2.33. The van der Waals surface area contributed by atoms with Crippen molar-refractivity contribution in [2.24, 2.45) is 0 Å². The highest BCUT2D eigenvalue weighted by molar-refractivity contribution is 9.10. The van der Waals surface area contributed by atoms with Crippen molar-refractivity contribution in [3.63, 3.8) is 0 Å². The van der Waals surface area contributed by atoms with Gasteiger partial charge >= 0.3 is 5.69 Å². The molecule has 0 saturated heterocycles. The lowest BCUT2D eigenvalue weighted by molar-refractivity contribution is 0.101. The monoisotopic (exact) mass is 322 g/mol. The third-order valence-corrected chi connectivity index (χ3v) is 3.26. The van der Waals surface area contributed by atoms with Crippen LogP contribution in [0.3, 0.4) is 0 Å². The molecule has 1 heterocycles. The van der Waals surface area contributed by atoms with Crippen LogP contribution in [0.2, 0.25) is 0 Å². The lowest BCUT2D eigenvalue weighted by Gasteiger charge is -2.09. The lowest BCUT2D eigenvalue weighted by Crippen LogP contribution is -2.36. The molecular formula is C13H11BrN2O3. The van der Waals surface area contributed by atoms with E-state index in [-0.39, 0.29) is 11.3 Å². The number of H-pyrrole nitrogens is 1. The summed E-state index contributed by atoms with van der Waals surface area (Å²) in [6.45, 7) is 3.07. The topological polar surface area (TPSA) is 71.9 Å². The molecule has 1 aromatic carbocycles. The van der Waals surface area contributed by atoms with Crippen molar-refractivity contribution in [2.75, 3.05) is 0 Å². The van der Waals surface area contributed by atoms with Crippen molar-refractivity contribution in [2.45, 2.75) is 13.8 Å². The number of aromatic amines is 1. The first-order valence-electron chi connectivity index (χ1n) is 5.54. The summed E-state index contributed by atoms with van der Waals surface area (Å²) in [5.41, 5.74) is -0.0205. The first kappa shape index (κ1) is 13.5. The van der Waals surface area contributed by atoms with E-state index in [1.165, 1.54) is 6.92 Å². The number of carbonyl (C=O) groups excluding carboxylic acids is 1. The minimum absolute atomic E-state index is 0.0426. The molecule has 19 heavy (non-hydrogen) atoms. The smallest absolute Gasteiger partial charge is 0.313 e. The van der Waals surface area contributed by atoms with Crippen molar-refractivity contribution in [1.29, 1.82) is 0 Å². The Morgan fingerprint density at radius 3 is 2.63 bits per heavy atom. The number of hydrogen-bond acceptors (Lipinski definition) is 3. The normalized spacial score (nSPS) is 10.5. The highest BCUT2D eigenvalue weighted by atomic mass is 79.9. The van der Waals surface area contributed by atoms with Crippen LogP contribution in [0.5, 0.6) is 0 Å². The van der Waals surface area contributed by atoms with Crippen LogP contribution >= 0.6 is 15.9 Å². The summed E-state index contributed by atoms with van der Waals surface area (Å²) in [7, 11) is 0. The van der Waals surface area contributed by atoms with Crippen molar-refractivity contribution in [3.05, 3.63) is 60.8 Å². The number of nitrogens with zero attached hydrogens (tertiary/aromatic N) is 1. The second-order valence-corrected chi connectivity index (χ2v) is 5.05. The number of aromatic nitrogens is 2. The Kier molecular flexibility index (Phi) is 3.53. The van der Waals surface area contributed by atoms with E-state index in [0.29, 0.717) is 5.69 Å². The molecule has 98 valence electrons. The molecule has 0 spiro atoms. The maximum atomic E-state index is 12.2. The minimum Gasteiger partial charge on any atom is -0.313 e. The van der Waals surface area contributed by atoms with Gasteiger partial charge in [0.25, 0.3) is 5.56 Å². The number of aryl methyl sites for hydroxylation is 1. The Labute approximate surface area is 117 Å². The van der Waals surface area contributed by atoms with E-state index < -0.39 is 11.2 Å². The predicted molar refractivity (Wildman–Crippen MR) is 75.1 cm³/mol. The first-order chi connectivity index (χ1) is 8.91. The Balaban J connectivity index is 2.86. The molecule has 1 aromatic heterocycles. The SMILES string of the molecule is CC(=O)c1c[nH]c(=O)n(-c2cc(Br)ccc2C)c1=O. The number of benzene rings is 1. The van der Waals surface area contributed by atoms with Crippen molar-refractivity contribution >= 4 is 21.7 Å². The second-order valence-electron chi connectivity index (χ2n) is 4.14. The molecule has 2 aromatic rings. The van der Waals surface area contributed by atoms with E-state index in [1.54, 1.807) is 19.1 Å². The van der Waals surface area contributed by atoms with Crippen LogP contribution in [0.4, 0.5) is 0 Å². The largest absolute Gasteiger partial charge is 0.333 e. The maximum Gasteiger partial charge on any atom is 0.333 e. The van der Waals surface area contributed by atoms with Crippen LogP contribution in [0, 0.1) is 6.92 Å². The molecule has 2 rings (SSSR count). The molecule has 0 fully saturated rings. The van der Waals surface area contributed by atoms with E-state index >= 15 is 0 Å². The Bertz CT molecular complexity index is 774. The van der Waals surface area contributed by atoms with Gasteiger partial charge in [-0.15, -0.1) is 0 Å². The summed E-state index contributed by atoms with van der Waals surface area (Å²) in [5.74, 6) is -0.386. The van der Waals surface area contributed by atoms with Gasteiger partial charge in [-0.25, -0.2) is 9.36 Å². The number of hydrogen-bond donors (Lipinski definition) is 1. The van der Waals surface area contributed by atoms with E-state index in [4.69, 9.17) is 0 Å². The Morgan fingerprint density at radius 2 is 2.00 bits per heavy atom. The van der Waals surface area contributed by atoms with Gasteiger partial charge in [0.1, 0.15) is 0 Å². The second kappa shape index (κ2) is 4.97. The zero-order valence-corrected chi connectivity index (χ0v) is 11.9. The molecule has 1 N–H and O–H groups in total. The van der Waals surface area contributed by atoms with E-state index in [2.05, 4.69) is 20.9 Å². The van der Waals surface area contributed by atoms with Gasteiger partial charge in [0.15, 0.2) is 5.78 Å². The molecule has 0 aliphatic rings. The van der Waals surface area contributed by atoms with Crippen molar-refractivity contribution < 1.29 is 4.79 Å². The van der Waals surface area contributed by atoms with Crippen LogP contribution < -0.4 is 11.2 Å². The summed E-state index contributed by atoms with van der Waals surface area (Å²) >= 11 is 3.30. The average molecular weight is 323 g/mol. The highest BCUT2D eigenvalue weighted by Crippen LogP contribution is 2.17. The summed E-state index contributed by atoms with van der Waals surface area (Å²) in [4.78, 5) is 37.8. The number of Topliss-reactive ketones (excluding diaryl/α,β-unsaturated/α-hetero) is 1. The number of rotatable bonds is 2. The van der Waals surface area contributed by atoms with Gasteiger partial charge in [-0.05, 0) is 31.5 Å². The van der Waals surface area contributed by atoms with Gasteiger partial charge in [0, 0.05) is 10.7 Å². The van der Waals surface area contributed by atoms with E-state index in [9.17, 15) is 14.4 Å². The zero-order valence-electron chi connectivity index (χ0n) is 10.4. The van der Waals surface area contributed by atoms with Crippen molar-refractivity contribution in [3.8, 4) is 5.69 Å². The maximum absolute atomic E-state index is 12.2. The molecule has 0 saturated carbocycles. The first-order valence-corrected chi connectivity index (χ1v) is 6.33. The summed E-state index contributed by atoms with van der Waals surface area (Å²) in [6, 6.07) is 5.26. The van der Waals surface area contributed by atoms with Gasteiger partial charge in [-0.3, -0.25) is 9.59 Å². The zero-order chi connectivity index (χ0) is 14.2. The number of nitrogens with one attached hydrogen (secondary N) is 1. The molecule has 0 aliphatic heterocycles. The Hall–Kier alpha value is -1.95. The number of halogens is 1. The number of carbonyl (C=O) groups is 1. The molecule has 6 heteroatoms. The van der Waals surface area contributed by atoms with Crippen LogP contribution in [0.1, 0.15) is 22.8 Å². The number of ketones is 1. The molecule has 0 atom stereocenters. The summed E-state index contributed by atoms with van der Waals surface area (Å²) in [5, 5.41) is 0. The van der Waals surface area contributed by atoms with Gasteiger partial charge in [0.05, 0.1) is 11.3 Å². The summed E-state index contributed by atoms with van der Waals surface area (Å²) < 4.78 is 1.71. The van der Waals surface area contributed by atoms with Crippen LogP contribution in [0.15, 0.2) is 38.5 Å². The van der Waals surface area contributed by atoms with Gasteiger partial charge in [-0.2, -0.15) is 0 Å². The third-order valence-electron chi connectivity index (χ3n) is 2.77. The van der Waals surface area contributed by atoms with Crippen LogP contribution in [-0.4, -0.2) is 15.3 Å². The minimum atomic E-state index is -0.613. The predicted octanol–water partition coefficient (Wildman–Crippen LogP) is 1.80. The fourth-order valence-corrected chi connectivity index (χ4v) is 2.12. The van der Waals surface area contributed by atoms with Crippen molar-refractivity contribution in [1.82, 2.24) is 9.55 Å². The third kappa shape index (κ3) is 2.44. The molecular weight excluding hydrogens is 312 g/mol. The molecule has 0 amide bonds. The van der Waals surface area contributed by atoms with Crippen LogP contribution in [-0.2, 0) is 0 Å². The molecule has 0 unspecified atom stereocenters. The van der Waals surface area contributed by atoms with E-state index in [1.807, 2.05) is 6.07 Å². The highest BCUT2D eigenvalue weighted by Gasteiger charge is 2.14. The standard InChI is InChI=1S/C13H11BrN2O3/c1-7-3-4-9(14)5-11(7)16-12(18)10(8(2)17)6-15-13(16)19/h3-6H,1-2H3,(H,15,19). The Morgan fingerprint density at radius 1 is 1.32 bits per heavy atom. The van der Waals surface area contributed by atoms with Gasteiger partial charge in [-0.1, -0.05) is 22.0 Å². The summed E-state index contributed by atoms with van der Waals surface area (Å²) in [6.07, 6.45) is 1.15. The quantitative estimate of drug-likeness (QED) is 0.857. The van der Waals surface area contributed by atoms with Gasteiger partial charge < -0.3 is 4.98 Å². The van der Waals surface area contributed by atoms with Crippen LogP contribution in [0.25, 0.3) is 5.69 Å². The molecule has 5 nitrogen and oxygen atoms in total. The van der Waals surface area contributed by atoms with Gasteiger partial charge in [0.2, 0.25) is 0 Å². The lowest BCUT2D eigenvalue weighted by atomic mass is 10.2. The molecule has 0 aliphatic carbocycles. The fraction of sp³-hybridized carbons (Fsp3) is 0.154. The fourth-order valence-electron chi connectivity index (χ4n) is 1.77. The van der Waals surface area contributed by atoms with E-state index in [0.717, 1.165) is 20.8 Å².